The van der Waals surface area contributed by atoms with E-state index in [1.54, 1.807) is 18.2 Å². The van der Waals surface area contributed by atoms with Gasteiger partial charge in [-0.2, -0.15) is 0 Å². The summed E-state index contributed by atoms with van der Waals surface area (Å²) in [5, 5.41) is 8.94. The van der Waals surface area contributed by atoms with Crippen LogP contribution in [0.25, 0.3) is 0 Å². The van der Waals surface area contributed by atoms with Gasteiger partial charge in [0.05, 0.1) is 13.1 Å². The smallest absolute Gasteiger partial charge is 0.248 e. The lowest BCUT2D eigenvalue weighted by Gasteiger charge is -2.21. The number of primary amides is 1. The predicted octanol–water partition coefficient (Wildman–Crippen LogP) is 1.37. The standard InChI is InChI=1S/C17H27N5O2.HI/c1-5-19-16(21-11-14(23)22-17(2,3)4)20-10-12-7-6-8-13(9-12)15(18)24;/h6-9H,5,10-11H2,1-4H3,(H2,18,24)(H,22,23)(H2,19,20,21);1H. The van der Waals surface area contributed by atoms with Gasteiger partial charge < -0.3 is 21.7 Å². The number of carbonyl (C=O) groups excluding carboxylic acids is 2. The quantitative estimate of drug-likeness (QED) is 0.292. The molecule has 0 bridgehead atoms. The Morgan fingerprint density at radius 3 is 2.44 bits per heavy atom. The van der Waals surface area contributed by atoms with Gasteiger partial charge in [-0.1, -0.05) is 12.1 Å². The molecule has 0 radical (unpaired) electrons. The van der Waals surface area contributed by atoms with Crippen molar-refractivity contribution in [1.82, 2.24) is 16.0 Å². The van der Waals surface area contributed by atoms with Crippen molar-refractivity contribution in [3.63, 3.8) is 0 Å². The van der Waals surface area contributed by atoms with Gasteiger partial charge in [0.15, 0.2) is 5.96 Å². The van der Waals surface area contributed by atoms with Crippen LogP contribution in [0.4, 0.5) is 0 Å². The van der Waals surface area contributed by atoms with E-state index in [-0.39, 0.29) is 42.0 Å². The molecule has 2 amide bonds. The third-order valence-corrected chi connectivity index (χ3v) is 2.91. The number of rotatable bonds is 6. The number of nitrogens with zero attached hydrogens (tertiary/aromatic N) is 1. The van der Waals surface area contributed by atoms with E-state index >= 15 is 0 Å². The monoisotopic (exact) mass is 461 g/mol. The van der Waals surface area contributed by atoms with Gasteiger partial charge in [-0.3, -0.25) is 9.59 Å². The van der Waals surface area contributed by atoms with Gasteiger partial charge in [-0.25, -0.2) is 4.99 Å². The first-order chi connectivity index (χ1) is 11.2. The minimum Gasteiger partial charge on any atom is -0.366 e. The number of benzene rings is 1. The Bertz CT molecular complexity index is 611. The third-order valence-electron chi connectivity index (χ3n) is 2.91. The first-order valence-electron chi connectivity index (χ1n) is 7.93. The van der Waals surface area contributed by atoms with E-state index in [0.717, 1.165) is 5.56 Å². The minimum atomic E-state index is -0.468. The summed E-state index contributed by atoms with van der Waals surface area (Å²) in [6, 6.07) is 7.01. The number of hydrogen-bond acceptors (Lipinski definition) is 3. The summed E-state index contributed by atoms with van der Waals surface area (Å²) >= 11 is 0. The average Bonchev–Trinajstić information content (AvgIpc) is 2.48. The molecule has 140 valence electrons. The SMILES string of the molecule is CCNC(=NCc1cccc(C(N)=O)c1)NCC(=O)NC(C)(C)C.I. The number of nitrogens with two attached hydrogens (primary N) is 1. The summed E-state index contributed by atoms with van der Waals surface area (Å²) in [5.74, 6) is -0.0421. The number of guanidine groups is 1. The molecule has 0 aliphatic carbocycles. The molecule has 0 atom stereocenters. The van der Waals surface area contributed by atoms with Gasteiger partial charge in [0, 0.05) is 17.6 Å². The van der Waals surface area contributed by atoms with Crippen molar-refractivity contribution >= 4 is 41.8 Å². The largest absolute Gasteiger partial charge is 0.366 e. The van der Waals surface area contributed by atoms with Crippen LogP contribution < -0.4 is 21.7 Å². The van der Waals surface area contributed by atoms with Crippen LogP contribution in [0.2, 0.25) is 0 Å². The molecule has 0 heterocycles. The first-order valence-corrected chi connectivity index (χ1v) is 7.93. The molecule has 5 N–H and O–H groups in total. The van der Waals surface area contributed by atoms with E-state index in [1.807, 2.05) is 33.8 Å². The molecular formula is C17H28IN5O2. The van der Waals surface area contributed by atoms with Gasteiger partial charge in [0.2, 0.25) is 11.8 Å². The summed E-state index contributed by atoms with van der Waals surface area (Å²) in [6.07, 6.45) is 0. The number of carbonyl (C=O) groups is 2. The fraction of sp³-hybridized carbons (Fsp3) is 0.471. The van der Waals surface area contributed by atoms with Crippen molar-refractivity contribution < 1.29 is 9.59 Å². The Hall–Kier alpha value is -1.84. The van der Waals surface area contributed by atoms with Crippen LogP contribution in [0.3, 0.4) is 0 Å². The van der Waals surface area contributed by atoms with Crippen molar-refractivity contribution in [2.45, 2.75) is 39.8 Å². The fourth-order valence-electron chi connectivity index (χ4n) is 1.96. The summed E-state index contributed by atoms with van der Waals surface area (Å²) < 4.78 is 0. The zero-order valence-corrected chi connectivity index (χ0v) is 17.5. The minimum absolute atomic E-state index is 0. The molecule has 0 aromatic heterocycles. The van der Waals surface area contributed by atoms with E-state index in [0.29, 0.717) is 24.6 Å². The molecule has 0 unspecified atom stereocenters. The van der Waals surface area contributed by atoms with Crippen LogP contribution in [0.5, 0.6) is 0 Å². The molecule has 0 spiro atoms. The fourth-order valence-corrected chi connectivity index (χ4v) is 1.96. The second-order valence-electron chi connectivity index (χ2n) is 6.41. The summed E-state index contributed by atoms with van der Waals surface area (Å²) in [6.45, 7) is 8.90. The molecule has 0 fully saturated rings. The third kappa shape index (κ3) is 9.90. The first kappa shape index (κ1) is 23.2. The van der Waals surface area contributed by atoms with Crippen LogP contribution >= 0.6 is 24.0 Å². The van der Waals surface area contributed by atoms with Gasteiger partial charge in [-0.15, -0.1) is 24.0 Å². The maximum absolute atomic E-state index is 11.9. The van der Waals surface area contributed by atoms with Crippen molar-refractivity contribution in [3.05, 3.63) is 35.4 Å². The molecule has 0 saturated carbocycles. The molecule has 7 nitrogen and oxygen atoms in total. The van der Waals surface area contributed by atoms with Crippen LogP contribution in [0.15, 0.2) is 29.3 Å². The van der Waals surface area contributed by atoms with Crippen LogP contribution in [0.1, 0.15) is 43.6 Å². The summed E-state index contributed by atoms with van der Waals surface area (Å²) in [7, 11) is 0. The maximum Gasteiger partial charge on any atom is 0.248 e. The maximum atomic E-state index is 11.9. The van der Waals surface area contributed by atoms with E-state index < -0.39 is 5.91 Å². The second kappa shape index (κ2) is 10.9. The highest BCUT2D eigenvalue weighted by Gasteiger charge is 2.13. The zero-order chi connectivity index (χ0) is 18.2. The topological polar surface area (TPSA) is 109 Å². The molecule has 0 aliphatic heterocycles. The summed E-state index contributed by atoms with van der Waals surface area (Å²) in [5.41, 5.74) is 6.31. The lowest BCUT2D eigenvalue weighted by molar-refractivity contribution is -0.121. The normalized spacial score (nSPS) is 11.3. The number of hydrogen-bond donors (Lipinski definition) is 4. The van der Waals surface area contributed by atoms with E-state index in [4.69, 9.17) is 5.73 Å². The van der Waals surface area contributed by atoms with Crippen LogP contribution in [0, 0.1) is 0 Å². The lowest BCUT2D eigenvalue weighted by Crippen LogP contribution is -2.48. The number of halogens is 1. The summed E-state index contributed by atoms with van der Waals surface area (Å²) in [4.78, 5) is 27.5. The molecular weight excluding hydrogens is 433 g/mol. The second-order valence-corrected chi connectivity index (χ2v) is 6.41. The van der Waals surface area contributed by atoms with Gasteiger partial charge in [0.1, 0.15) is 0 Å². The Labute approximate surface area is 166 Å². The highest BCUT2D eigenvalue weighted by molar-refractivity contribution is 14.0. The zero-order valence-electron chi connectivity index (χ0n) is 15.2. The van der Waals surface area contributed by atoms with E-state index in [2.05, 4.69) is 20.9 Å². The van der Waals surface area contributed by atoms with Crippen molar-refractivity contribution in [2.24, 2.45) is 10.7 Å². The Morgan fingerprint density at radius 2 is 1.88 bits per heavy atom. The molecule has 0 saturated heterocycles. The average molecular weight is 461 g/mol. The highest BCUT2D eigenvalue weighted by atomic mass is 127. The Kier molecular flexibility index (Phi) is 10.1. The highest BCUT2D eigenvalue weighted by Crippen LogP contribution is 2.06. The Balaban J connectivity index is 0.00000576. The van der Waals surface area contributed by atoms with Crippen LogP contribution in [-0.4, -0.2) is 36.4 Å². The molecule has 1 rings (SSSR count). The molecule has 25 heavy (non-hydrogen) atoms. The van der Waals surface area contributed by atoms with Crippen LogP contribution in [-0.2, 0) is 11.3 Å². The number of nitrogens with one attached hydrogen (secondary N) is 3. The molecule has 1 aromatic rings. The number of amides is 2. The lowest BCUT2D eigenvalue weighted by atomic mass is 10.1. The molecule has 1 aromatic carbocycles. The number of aliphatic imine (C=N–C) groups is 1. The molecule has 8 heteroatoms. The van der Waals surface area contributed by atoms with Crippen molar-refractivity contribution in [2.75, 3.05) is 13.1 Å². The molecule has 0 aliphatic rings. The van der Waals surface area contributed by atoms with Crippen molar-refractivity contribution in [1.29, 1.82) is 0 Å². The van der Waals surface area contributed by atoms with E-state index in [9.17, 15) is 9.59 Å². The van der Waals surface area contributed by atoms with Gasteiger partial charge in [-0.05, 0) is 45.4 Å². The van der Waals surface area contributed by atoms with Crippen molar-refractivity contribution in [3.8, 4) is 0 Å². The van der Waals surface area contributed by atoms with E-state index in [1.165, 1.54) is 0 Å². The van der Waals surface area contributed by atoms with Gasteiger partial charge in [0.25, 0.3) is 0 Å². The van der Waals surface area contributed by atoms with Gasteiger partial charge >= 0.3 is 0 Å². The predicted molar refractivity (Wildman–Crippen MR) is 111 cm³/mol. The Morgan fingerprint density at radius 1 is 1.20 bits per heavy atom.